The van der Waals surface area contributed by atoms with Gasteiger partial charge in [0, 0.05) is 25.3 Å². The van der Waals surface area contributed by atoms with E-state index in [1.165, 1.54) is 5.56 Å². The summed E-state index contributed by atoms with van der Waals surface area (Å²) in [5.41, 5.74) is 1.18. The first-order chi connectivity index (χ1) is 8.81. The molecule has 2 N–H and O–H groups in total. The van der Waals surface area contributed by atoms with Crippen LogP contribution in [0.5, 0.6) is 5.75 Å². The molecule has 2 atom stereocenters. The second kappa shape index (κ2) is 6.73. The average molecular weight is 251 g/mol. The maximum Gasteiger partial charge on any atom is 0.124 e. The number of ether oxygens (including phenoxy) is 2. The van der Waals surface area contributed by atoms with Gasteiger partial charge in [0.15, 0.2) is 0 Å². The Kier molecular flexibility index (Phi) is 4.99. The molecule has 0 saturated heterocycles. The van der Waals surface area contributed by atoms with Crippen molar-refractivity contribution in [3.05, 3.63) is 29.8 Å². The lowest BCUT2D eigenvalue weighted by atomic mass is 10.0. The van der Waals surface area contributed by atoms with E-state index < -0.39 is 6.10 Å². The lowest BCUT2D eigenvalue weighted by molar-refractivity contribution is 0.0625. The molecule has 1 aliphatic rings. The van der Waals surface area contributed by atoms with Gasteiger partial charge in [-0.3, -0.25) is 0 Å². The second-order valence-electron chi connectivity index (χ2n) is 4.60. The number of nitrogens with one attached hydrogen (secondary N) is 1. The number of benzene rings is 1. The molecule has 0 radical (unpaired) electrons. The highest BCUT2D eigenvalue weighted by atomic mass is 16.5. The molecular formula is C14H21NO3. The minimum Gasteiger partial charge on any atom is -0.493 e. The van der Waals surface area contributed by atoms with E-state index in [2.05, 4.69) is 11.4 Å². The number of para-hydroxylation sites is 1. The predicted octanol–water partition coefficient (Wildman–Crippen LogP) is 1.50. The lowest BCUT2D eigenvalue weighted by Crippen LogP contribution is -2.32. The Labute approximate surface area is 108 Å². The van der Waals surface area contributed by atoms with Crippen LogP contribution in [0.15, 0.2) is 24.3 Å². The van der Waals surface area contributed by atoms with Gasteiger partial charge in [-0.15, -0.1) is 0 Å². The minimum atomic E-state index is -0.466. The molecule has 0 bridgehead atoms. The van der Waals surface area contributed by atoms with Crippen LogP contribution in [0.3, 0.4) is 0 Å². The van der Waals surface area contributed by atoms with E-state index in [1.807, 2.05) is 18.2 Å². The smallest absolute Gasteiger partial charge is 0.124 e. The highest BCUT2D eigenvalue weighted by Gasteiger charge is 2.19. The Bertz CT molecular complexity index is 370. The van der Waals surface area contributed by atoms with Crippen LogP contribution in [0.4, 0.5) is 0 Å². The standard InChI is InChI=1S/C14H21NO3/c1-17-10-11(16)9-15-13-6-4-8-18-14-7-3-2-5-12(13)14/h2-3,5,7,11,13,15-16H,4,6,8-10H2,1H3. The molecule has 0 amide bonds. The molecule has 1 aromatic rings. The summed E-state index contributed by atoms with van der Waals surface area (Å²) in [5, 5.41) is 13.1. The third-order valence-corrected chi connectivity index (χ3v) is 3.15. The van der Waals surface area contributed by atoms with Gasteiger partial charge >= 0.3 is 0 Å². The first-order valence-corrected chi connectivity index (χ1v) is 6.43. The summed E-state index contributed by atoms with van der Waals surface area (Å²) in [6.45, 7) is 1.65. The Morgan fingerprint density at radius 1 is 1.50 bits per heavy atom. The number of fused-ring (bicyclic) bond motifs is 1. The van der Waals surface area contributed by atoms with Gasteiger partial charge in [0.1, 0.15) is 5.75 Å². The summed E-state index contributed by atoms with van der Waals surface area (Å²) in [6, 6.07) is 8.34. The second-order valence-corrected chi connectivity index (χ2v) is 4.60. The van der Waals surface area contributed by atoms with Crippen molar-refractivity contribution in [1.29, 1.82) is 0 Å². The van der Waals surface area contributed by atoms with Gasteiger partial charge in [-0.05, 0) is 18.9 Å². The van der Waals surface area contributed by atoms with E-state index >= 15 is 0 Å². The van der Waals surface area contributed by atoms with E-state index in [9.17, 15) is 5.11 Å². The van der Waals surface area contributed by atoms with Gasteiger partial charge < -0.3 is 19.9 Å². The number of methoxy groups -OCH3 is 1. The molecule has 2 rings (SSSR count). The molecule has 18 heavy (non-hydrogen) atoms. The van der Waals surface area contributed by atoms with Gasteiger partial charge in [0.2, 0.25) is 0 Å². The topological polar surface area (TPSA) is 50.7 Å². The molecule has 0 saturated carbocycles. The van der Waals surface area contributed by atoms with Crippen LogP contribution in [-0.4, -0.2) is 38.1 Å². The zero-order chi connectivity index (χ0) is 12.8. The minimum absolute atomic E-state index is 0.246. The van der Waals surface area contributed by atoms with Crippen LogP contribution in [0.25, 0.3) is 0 Å². The SMILES string of the molecule is COCC(O)CNC1CCCOc2ccccc21. The molecule has 0 fully saturated rings. The Hall–Kier alpha value is -1.10. The third-order valence-electron chi connectivity index (χ3n) is 3.15. The van der Waals surface area contributed by atoms with E-state index in [0.29, 0.717) is 13.2 Å². The number of hydrogen-bond acceptors (Lipinski definition) is 4. The number of aliphatic hydroxyl groups is 1. The largest absolute Gasteiger partial charge is 0.493 e. The summed E-state index contributed by atoms with van der Waals surface area (Å²) in [5.74, 6) is 0.953. The lowest BCUT2D eigenvalue weighted by Gasteiger charge is -2.20. The molecular weight excluding hydrogens is 230 g/mol. The van der Waals surface area contributed by atoms with Gasteiger partial charge in [-0.2, -0.15) is 0 Å². The van der Waals surface area contributed by atoms with Crippen LogP contribution in [0.2, 0.25) is 0 Å². The third kappa shape index (κ3) is 3.45. The van der Waals surface area contributed by atoms with Crippen molar-refractivity contribution in [2.75, 3.05) is 26.9 Å². The molecule has 4 heteroatoms. The maximum absolute atomic E-state index is 9.68. The summed E-state index contributed by atoms with van der Waals surface area (Å²) >= 11 is 0. The molecule has 0 aromatic heterocycles. The zero-order valence-electron chi connectivity index (χ0n) is 10.8. The van der Waals surface area contributed by atoms with Gasteiger partial charge in [0.25, 0.3) is 0 Å². The van der Waals surface area contributed by atoms with Crippen molar-refractivity contribution in [1.82, 2.24) is 5.32 Å². The van der Waals surface area contributed by atoms with Crippen LogP contribution in [0.1, 0.15) is 24.4 Å². The van der Waals surface area contributed by atoms with Crippen molar-refractivity contribution in [2.24, 2.45) is 0 Å². The summed E-state index contributed by atoms with van der Waals surface area (Å²) in [4.78, 5) is 0. The molecule has 4 nitrogen and oxygen atoms in total. The molecule has 0 aliphatic carbocycles. The van der Waals surface area contributed by atoms with Crippen LogP contribution in [0, 0.1) is 0 Å². The zero-order valence-corrected chi connectivity index (χ0v) is 10.8. The normalized spacial score (nSPS) is 20.7. The van der Waals surface area contributed by atoms with Crippen molar-refractivity contribution in [3.63, 3.8) is 0 Å². The van der Waals surface area contributed by atoms with E-state index in [0.717, 1.165) is 25.2 Å². The molecule has 1 heterocycles. The summed E-state index contributed by atoms with van der Waals surface area (Å²) < 4.78 is 10.6. The molecule has 2 unspecified atom stereocenters. The van der Waals surface area contributed by atoms with Gasteiger partial charge in [-0.1, -0.05) is 18.2 Å². The van der Waals surface area contributed by atoms with E-state index in [1.54, 1.807) is 7.11 Å². The van der Waals surface area contributed by atoms with Gasteiger partial charge in [0.05, 0.1) is 19.3 Å². The van der Waals surface area contributed by atoms with Crippen molar-refractivity contribution >= 4 is 0 Å². The van der Waals surface area contributed by atoms with Crippen LogP contribution >= 0.6 is 0 Å². The molecule has 0 spiro atoms. The van der Waals surface area contributed by atoms with Crippen LogP contribution < -0.4 is 10.1 Å². The van der Waals surface area contributed by atoms with Crippen molar-refractivity contribution < 1.29 is 14.6 Å². The highest BCUT2D eigenvalue weighted by molar-refractivity contribution is 5.36. The Morgan fingerprint density at radius 2 is 2.33 bits per heavy atom. The first-order valence-electron chi connectivity index (χ1n) is 6.43. The molecule has 1 aliphatic heterocycles. The quantitative estimate of drug-likeness (QED) is 0.832. The predicted molar refractivity (Wildman–Crippen MR) is 69.8 cm³/mol. The number of aliphatic hydroxyl groups excluding tert-OH is 1. The van der Waals surface area contributed by atoms with Crippen molar-refractivity contribution in [2.45, 2.75) is 25.0 Å². The average Bonchev–Trinajstić information content (AvgIpc) is 2.59. The number of hydrogen-bond donors (Lipinski definition) is 2. The van der Waals surface area contributed by atoms with E-state index in [-0.39, 0.29) is 6.04 Å². The number of rotatable bonds is 5. The fourth-order valence-corrected chi connectivity index (χ4v) is 2.27. The summed E-state index contributed by atoms with van der Waals surface area (Å²) in [7, 11) is 1.60. The van der Waals surface area contributed by atoms with Crippen molar-refractivity contribution in [3.8, 4) is 5.75 Å². The Morgan fingerprint density at radius 3 is 3.17 bits per heavy atom. The molecule has 100 valence electrons. The first kappa shape index (κ1) is 13.3. The fourth-order valence-electron chi connectivity index (χ4n) is 2.27. The van der Waals surface area contributed by atoms with Crippen LogP contribution in [-0.2, 0) is 4.74 Å². The molecule has 1 aromatic carbocycles. The fraction of sp³-hybridized carbons (Fsp3) is 0.571. The highest BCUT2D eigenvalue weighted by Crippen LogP contribution is 2.30. The monoisotopic (exact) mass is 251 g/mol. The Balaban J connectivity index is 1.99. The van der Waals surface area contributed by atoms with Gasteiger partial charge in [-0.25, -0.2) is 0 Å². The summed E-state index contributed by atoms with van der Waals surface area (Å²) in [6.07, 6.45) is 1.58. The van der Waals surface area contributed by atoms with E-state index in [4.69, 9.17) is 9.47 Å². The maximum atomic E-state index is 9.68.